The number of alkyl halides is 2. The van der Waals surface area contributed by atoms with Gasteiger partial charge in [0.1, 0.15) is 17.5 Å². The molecule has 5 nitrogen and oxygen atoms in total. The molecule has 0 aliphatic carbocycles. The van der Waals surface area contributed by atoms with Crippen molar-refractivity contribution in [2.24, 2.45) is 0 Å². The van der Waals surface area contributed by atoms with E-state index in [1.807, 2.05) is 6.92 Å². The number of hydrogen-bond donors (Lipinski definition) is 1. The van der Waals surface area contributed by atoms with E-state index >= 15 is 0 Å². The zero-order valence-corrected chi connectivity index (χ0v) is 18.8. The van der Waals surface area contributed by atoms with Crippen molar-refractivity contribution in [3.8, 4) is 0 Å². The molecule has 1 N–H and O–H groups in total. The van der Waals surface area contributed by atoms with Crippen molar-refractivity contribution in [3.63, 3.8) is 0 Å². The Morgan fingerprint density at radius 3 is 2.44 bits per heavy atom. The summed E-state index contributed by atoms with van der Waals surface area (Å²) in [4.78, 5) is 16.1. The second-order valence-corrected chi connectivity index (χ2v) is 8.65. The fourth-order valence-corrected chi connectivity index (χ4v) is 4.47. The van der Waals surface area contributed by atoms with Crippen LogP contribution in [0.3, 0.4) is 0 Å². The predicted molar refractivity (Wildman–Crippen MR) is 120 cm³/mol. The van der Waals surface area contributed by atoms with E-state index in [2.05, 4.69) is 33.3 Å². The summed E-state index contributed by atoms with van der Waals surface area (Å²) in [5.41, 5.74) is 2.28. The van der Waals surface area contributed by atoms with E-state index in [4.69, 9.17) is 4.98 Å². The summed E-state index contributed by atoms with van der Waals surface area (Å²) in [6, 6.07) is 5.60. The van der Waals surface area contributed by atoms with Crippen LogP contribution in [-0.4, -0.2) is 40.0 Å². The Morgan fingerprint density at radius 1 is 1.06 bits per heavy atom. The number of halogens is 3. The maximum absolute atomic E-state index is 14.7. The number of piperidine rings is 1. The Labute approximate surface area is 186 Å². The van der Waals surface area contributed by atoms with Gasteiger partial charge in [0.25, 0.3) is 6.43 Å². The normalized spacial score (nSPS) is 16.6. The highest BCUT2D eigenvalue weighted by molar-refractivity contribution is 5.87. The van der Waals surface area contributed by atoms with Crippen LogP contribution in [0.15, 0.2) is 24.3 Å². The zero-order chi connectivity index (χ0) is 23.0. The van der Waals surface area contributed by atoms with Gasteiger partial charge in [-0.25, -0.2) is 28.1 Å². The largest absolute Gasteiger partial charge is 0.363 e. The number of nitrogens with one attached hydrogen (secondary N) is 1. The Bertz CT molecular complexity index is 1130. The van der Waals surface area contributed by atoms with Crippen molar-refractivity contribution in [1.29, 1.82) is 0 Å². The van der Waals surface area contributed by atoms with Crippen molar-refractivity contribution < 1.29 is 13.2 Å². The molecule has 1 aliphatic rings. The van der Waals surface area contributed by atoms with E-state index in [0.29, 0.717) is 23.2 Å². The first-order valence-corrected chi connectivity index (χ1v) is 10.9. The molecule has 3 aromatic rings. The third-order valence-electron chi connectivity index (χ3n) is 6.30. The first-order valence-electron chi connectivity index (χ1n) is 10.9. The maximum Gasteiger partial charge on any atom is 0.266 e. The third-order valence-corrected chi connectivity index (χ3v) is 6.30. The van der Waals surface area contributed by atoms with Gasteiger partial charge in [0.15, 0.2) is 5.65 Å². The fourth-order valence-electron chi connectivity index (χ4n) is 4.47. The molecule has 0 spiro atoms. The minimum atomic E-state index is -2.87. The average molecular weight is 444 g/mol. The molecule has 0 radical (unpaired) electrons. The molecule has 3 heterocycles. The standard InChI is InChI=1S/C24H28F3N5/c1-13(17-6-5-7-18(21(17)25)22(26)27)28-23-20-12-19(16-8-10-32(4)11-9-16)14(2)29-24(20)31-15(3)30-23/h5-7,12-13,16,22H,8-11H2,1-4H3,(H,28,29,30,31)/t13-/m1/s1. The lowest BCUT2D eigenvalue weighted by Crippen LogP contribution is -2.29. The van der Waals surface area contributed by atoms with Gasteiger partial charge < -0.3 is 10.2 Å². The average Bonchev–Trinajstić information content (AvgIpc) is 2.73. The van der Waals surface area contributed by atoms with E-state index in [1.165, 1.54) is 17.7 Å². The maximum atomic E-state index is 14.7. The zero-order valence-electron chi connectivity index (χ0n) is 18.8. The van der Waals surface area contributed by atoms with Crippen LogP contribution in [-0.2, 0) is 0 Å². The molecule has 0 saturated carbocycles. The van der Waals surface area contributed by atoms with E-state index in [0.717, 1.165) is 43.1 Å². The minimum Gasteiger partial charge on any atom is -0.363 e. The summed E-state index contributed by atoms with van der Waals surface area (Å²) >= 11 is 0. The van der Waals surface area contributed by atoms with Gasteiger partial charge in [-0.2, -0.15) is 0 Å². The molecule has 1 saturated heterocycles. The summed E-state index contributed by atoms with van der Waals surface area (Å²) in [6.07, 6.45) is -0.752. The number of fused-ring (bicyclic) bond motifs is 1. The minimum absolute atomic E-state index is 0.169. The van der Waals surface area contributed by atoms with Crippen molar-refractivity contribution in [1.82, 2.24) is 19.9 Å². The van der Waals surface area contributed by atoms with Gasteiger partial charge in [-0.1, -0.05) is 18.2 Å². The predicted octanol–water partition coefficient (Wildman–Crippen LogP) is 5.70. The lowest BCUT2D eigenvalue weighted by molar-refractivity contribution is 0.146. The topological polar surface area (TPSA) is 53.9 Å². The number of rotatable bonds is 5. The second-order valence-electron chi connectivity index (χ2n) is 8.65. The lowest BCUT2D eigenvalue weighted by atomic mass is 9.88. The van der Waals surface area contributed by atoms with Gasteiger partial charge in [-0.05, 0) is 71.3 Å². The van der Waals surface area contributed by atoms with Crippen molar-refractivity contribution in [2.45, 2.75) is 52.0 Å². The van der Waals surface area contributed by atoms with Gasteiger partial charge in [0, 0.05) is 11.3 Å². The molecule has 8 heteroatoms. The van der Waals surface area contributed by atoms with Crippen LogP contribution in [0.25, 0.3) is 11.0 Å². The summed E-state index contributed by atoms with van der Waals surface area (Å²) in [7, 11) is 2.13. The van der Waals surface area contributed by atoms with E-state index in [1.54, 1.807) is 13.8 Å². The molecule has 0 bridgehead atoms. The van der Waals surface area contributed by atoms with Gasteiger partial charge in [-0.3, -0.25) is 0 Å². The quantitative estimate of drug-likeness (QED) is 0.548. The van der Waals surface area contributed by atoms with Gasteiger partial charge in [0.05, 0.1) is 17.0 Å². The molecule has 170 valence electrons. The van der Waals surface area contributed by atoms with Crippen LogP contribution < -0.4 is 5.32 Å². The number of pyridine rings is 1. The number of likely N-dealkylation sites (tertiary alicyclic amines) is 1. The smallest absolute Gasteiger partial charge is 0.266 e. The number of aryl methyl sites for hydroxylation is 2. The van der Waals surface area contributed by atoms with Crippen molar-refractivity contribution in [2.75, 3.05) is 25.5 Å². The van der Waals surface area contributed by atoms with E-state index in [9.17, 15) is 13.2 Å². The van der Waals surface area contributed by atoms with Gasteiger partial charge in [-0.15, -0.1) is 0 Å². The molecule has 32 heavy (non-hydrogen) atoms. The van der Waals surface area contributed by atoms with Crippen LogP contribution >= 0.6 is 0 Å². The van der Waals surface area contributed by atoms with E-state index < -0.39 is 23.8 Å². The fraction of sp³-hybridized carbons (Fsp3) is 0.458. The monoisotopic (exact) mass is 443 g/mol. The van der Waals surface area contributed by atoms with Crippen LogP contribution in [0.2, 0.25) is 0 Å². The highest BCUT2D eigenvalue weighted by atomic mass is 19.3. The number of hydrogen-bond acceptors (Lipinski definition) is 5. The molecule has 1 atom stereocenters. The van der Waals surface area contributed by atoms with Gasteiger partial charge in [0.2, 0.25) is 0 Å². The molecule has 1 aliphatic heterocycles. The van der Waals surface area contributed by atoms with E-state index in [-0.39, 0.29) is 5.56 Å². The molecule has 2 aromatic heterocycles. The number of benzene rings is 1. The van der Waals surface area contributed by atoms with Crippen LogP contribution in [0.1, 0.15) is 66.4 Å². The summed E-state index contributed by atoms with van der Waals surface area (Å²) < 4.78 is 41.0. The Balaban J connectivity index is 1.72. The van der Waals surface area contributed by atoms with Crippen molar-refractivity contribution in [3.05, 3.63) is 58.3 Å². The number of nitrogens with zero attached hydrogens (tertiary/aromatic N) is 4. The van der Waals surface area contributed by atoms with Crippen LogP contribution in [0.5, 0.6) is 0 Å². The van der Waals surface area contributed by atoms with Crippen LogP contribution in [0, 0.1) is 19.7 Å². The highest BCUT2D eigenvalue weighted by Crippen LogP contribution is 2.34. The molecule has 1 fully saturated rings. The lowest BCUT2D eigenvalue weighted by Gasteiger charge is -2.30. The molecule has 1 aromatic carbocycles. The molecule has 0 unspecified atom stereocenters. The number of aromatic nitrogens is 3. The summed E-state index contributed by atoms with van der Waals surface area (Å²) in [5, 5.41) is 3.98. The second kappa shape index (κ2) is 9.02. The summed E-state index contributed by atoms with van der Waals surface area (Å²) in [5.74, 6) is 0.588. The highest BCUT2D eigenvalue weighted by Gasteiger charge is 2.23. The number of anilines is 1. The SMILES string of the molecule is Cc1nc(N[C@H](C)c2cccc(C(F)F)c2F)c2cc(C3CCN(C)CC3)c(C)nc2n1. The first kappa shape index (κ1) is 22.5. The first-order chi connectivity index (χ1) is 15.2. The molecule has 4 rings (SSSR count). The van der Waals surface area contributed by atoms with Crippen LogP contribution in [0.4, 0.5) is 19.0 Å². The van der Waals surface area contributed by atoms with Crippen molar-refractivity contribution >= 4 is 16.9 Å². The molecular weight excluding hydrogens is 415 g/mol. The molecule has 0 amide bonds. The molecular formula is C24H28F3N5. The Kier molecular flexibility index (Phi) is 6.33. The van der Waals surface area contributed by atoms with Gasteiger partial charge >= 0.3 is 0 Å². The Hall–Kier alpha value is -2.74. The third kappa shape index (κ3) is 4.41. The summed E-state index contributed by atoms with van der Waals surface area (Å²) in [6.45, 7) is 7.58. The Morgan fingerprint density at radius 2 is 1.75 bits per heavy atom.